The van der Waals surface area contributed by atoms with Crippen molar-refractivity contribution < 1.29 is 9.47 Å². The van der Waals surface area contributed by atoms with Gasteiger partial charge in [-0.15, -0.1) is 0 Å². The third-order valence-electron chi connectivity index (χ3n) is 3.45. The zero-order chi connectivity index (χ0) is 14.7. The van der Waals surface area contributed by atoms with Gasteiger partial charge in [-0.2, -0.15) is 5.10 Å². The summed E-state index contributed by atoms with van der Waals surface area (Å²) in [7, 11) is 5.24. The molecular weight excluding hydrogens is 254 g/mol. The van der Waals surface area contributed by atoms with E-state index in [1.54, 1.807) is 14.2 Å². The van der Waals surface area contributed by atoms with Crippen LogP contribution < -0.4 is 14.8 Å². The van der Waals surface area contributed by atoms with E-state index < -0.39 is 0 Å². The van der Waals surface area contributed by atoms with Gasteiger partial charge in [0.25, 0.3) is 0 Å². The molecule has 0 amide bonds. The molecule has 0 radical (unpaired) electrons. The SMILES string of the molecule is COc1cccc(CNc2c(C)nn(C)c2C)c1OC. The van der Waals surface area contributed by atoms with Crippen LogP contribution in [-0.4, -0.2) is 24.0 Å². The van der Waals surface area contributed by atoms with Crippen molar-refractivity contribution in [1.82, 2.24) is 9.78 Å². The zero-order valence-electron chi connectivity index (χ0n) is 12.7. The lowest BCUT2D eigenvalue weighted by Gasteiger charge is -2.13. The molecule has 2 rings (SSSR count). The number of nitrogens with zero attached hydrogens (tertiary/aromatic N) is 2. The van der Waals surface area contributed by atoms with E-state index in [9.17, 15) is 0 Å². The number of rotatable bonds is 5. The summed E-state index contributed by atoms with van der Waals surface area (Å²) in [5.74, 6) is 1.51. The number of hydrogen-bond donors (Lipinski definition) is 1. The Bertz CT molecular complexity index is 605. The Morgan fingerprint density at radius 3 is 2.50 bits per heavy atom. The predicted molar refractivity (Wildman–Crippen MR) is 79.6 cm³/mol. The third-order valence-corrected chi connectivity index (χ3v) is 3.45. The van der Waals surface area contributed by atoms with Gasteiger partial charge in [0, 0.05) is 19.2 Å². The van der Waals surface area contributed by atoms with E-state index in [1.165, 1.54) is 0 Å². The Balaban J connectivity index is 2.23. The maximum absolute atomic E-state index is 5.44. The molecule has 1 heterocycles. The summed E-state index contributed by atoms with van der Waals surface area (Å²) < 4.78 is 12.6. The first-order valence-electron chi connectivity index (χ1n) is 6.52. The molecule has 0 saturated carbocycles. The van der Waals surface area contributed by atoms with Gasteiger partial charge < -0.3 is 14.8 Å². The molecular formula is C15H21N3O2. The van der Waals surface area contributed by atoms with Crippen LogP contribution in [0.25, 0.3) is 0 Å². The fourth-order valence-corrected chi connectivity index (χ4v) is 2.31. The predicted octanol–water partition coefficient (Wildman–Crippen LogP) is 2.67. The average molecular weight is 275 g/mol. The van der Waals surface area contributed by atoms with E-state index in [0.717, 1.165) is 34.1 Å². The Kier molecular flexibility index (Phi) is 4.17. The molecule has 5 heteroatoms. The van der Waals surface area contributed by atoms with Gasteiger partial charge in [0.15, 0.2) is 11.5 Å². The van der Waals surface area contributed by atoms with Crippen LogP contribution in [0.4, 0.5) is 5.69 Å². The fourth-order valence-electron chi connectivity index (χ4n) is 2.31. The van der Waals surface area contributed by atoms with E-state index in [2.05, 4.69) is 10.4 Å². The van der Waals surface area contributed by atoms with Gasteiger partial charge in [-0.3, -0.25) is 4.68 Å². The highest BCUT2D eigenvalue weighted by Crippen LogP contribution is 2.31. The minimum absolute atomic E-state index is 0.660. The van der Waals surface area contributed by atoms with Crippen molar-refractivity contribution >= 4 is 5.69 Å². The van der Waals surface area contributed by atoms with Crippen molar-refractivity contribution in [3.8, 4) is 11.5 Å². The normalized spacial score (nSPS) is 10.4. The van der Waals surface area contributed by atoms with Crippen LogP contribution in [-0.2, 0) is 13.6 Å². The molecule has 0 atom stereocenters. The van der Waals surface area contributed by atoms with Gasteiger partial charge >= 0.3 is 0 Å². The fraction of sp³-hybridized carbons (Fsp3) is 0.400. The summed E-state index contributed by atoms with van der Waals surface area (Å²) in [5.41, 5.74) is 4.23. The van der Waals surface area contributed by atoms with Gasteiger partial charge in [0.2, 0.25) is 0 Å². The third kappa shape index (κ3) is 2.57. The van der Waals surface area contributed by atoms with Gasteiger partial charge in [0.05, 0.1) is 31.3 Å². The number of methoxy groups -OCH3 is 2. The number of anilines is 1. The summed E-state index contributed by atoms with van der Waals surface area (Å²) in [6.45, 7) is 4.71. The first-order chi connectivity index (χ1) is 9.58. The smallest absolute Gasteiger partial charge is 0.165 e. The number of aryl methyl sites for hydroxylation is 2. The summed E-state index contributed by atoms with van der Waals surface area (Å²) in [6.07, 6.45) is 0. The van der Waals surface area contributed by atoms with Gasteiger partial charge in [0.1, 0.15) is 0 Å². The van der Waals surface area contributed by atoms with Crippen LogP contribution in [0.3, 0.4) is 0 Å². The van der Waals surface area contributed by atoms with Crippen LogP contribution in [0.1, 0.15) is 17.0 Å². The Morgan fingerprint density at radius 2 is 1.95 bits per heavy atom. The highest BCUT2D eigenvalue weighted by molar-refractivity contribution is 5.54. The quantitative estimate of drug-likeness (QED) is 0.911. The molecule has 0 bridgehead atoms. The van der Waals surface area contributed by atoms with E-state index in [0.29, 0.717) is 6.54 Å². The van der Waals surface area contributed by atoms with E-state index >= 15 is 0 Å². The molecule has 20 heavy (non-hydrogen) atoms. The van der Waals surface area contributed by atoms with Crippen LogP contribution in [0, 0.1) is 13.8 Å². The lowest BCUT2D eigenvalue weighted by Crippen LogP contribution is -2.04. The van der Waals surface area contributed by atoms with Gasteiger partial charge in [-0.25, -0.2) is 0 Å². The van der Waals surface area contributed by atoms with Crippen LogP contribution in [0.2, 0.25) is 0 Å². The van der Waals surface area contributed by atoms with E-state index in [1.807, 2.05) is 43.8 Å². The molecule has 108 valence electrons. The molecule has 0 saturated heterocycles. The summed E-state index contributed by atoms with van der Waals surface area (Å²) in [5, 5.41) is 7.82. The number of para-hydroxylation sites is 1. The van der Waals surface area contributed by atoms with Crippen molar-refractivity contribution in [3.63, 3.8) is 0 Å². The second kappa shape index (κ2) is 5.86. The Hall–Kier alpha value is -2.17. The standard InChI is InChI=1S/C15H21N3O2/c1-10-14(11(2)18(3)17-10)16-9-12-7-6-8-13(19-4)15(12)20-5/h6-8,16H,9H2,1-5H3. The summed E-state index contributed by atoms with van der Waals surface area (Å²) in [6, 6.07) is 5.87. The molecule has 0 unspecified atom stereocenters. The van der Waals surface area contributed by atoms with Gasteiger partial charge in [-0.05, 0) is 19.9 Å². The molecule has 0 aliphatic rings. The number of nitrogens with one attached hydrogen (secondary N) is 1. The number of ether oxygens (including phenoxy) is 2. The largest absolute Gasteiger partial charge is 0.493 e. The minimum Gasteiger partial charge on any atom is -0.493 e. The van der Waals surface area contributed by atoms with Gasteiger partial charge in [-0.1, -0.05) is 12.1 Å². The second-order valence-corrected chi connectivity index (χ2v) is 4.68. The average Bonchev–Trinajstić information content (AvgIpc) is 2.69. The Labute approximate surface area is 119 Å². The molecule has 0 spiro atoms. The van der Waals surface area contributed by atoms with Crippen molar-refractivity contribution in [2.45, 2.75) is 20.4 Å². The first kappa shape index (κ1) is 14.2. The first-order valence-corrected chi connectivity index (χ1v) is 6.52. The molecule has 2 aromatic rings. The van der Waals surface area contributed by atoms with Crippen LogP contribution in [0.5, 0.6) is 11.5 Å². The lowest BCUT2D eigenvalue weighted by molar-refractivity contribution is 0.352. The summed E-state index contributed by atoms with van der Waals surface area (Å²) >= 11 is 0. The minimum atomic E-state index is 0.660. The van der Waals surface area contributed by atoms with Crippen LogP contribution >= 0.6 is 0 Å². The summed E-state index contributed by atoms with van der Waals surface area (Å²) in [4.78, 5) is 0. The highest BCUT2D eigenvalue weighted by Gasteiger charge is 2.12. The highest BCUT2D eigenvalue weighted by atomic mass is 16.5. The molecule has 5 nitrogen and oxygen atoms in total. The number of benzene rings is 1. The molecule has 1 aromatic heterocycles. The Morgan fingerprint density at radius 1 is 1.20 bits per heavy atom. The maximum atomic E-state index is 5.44. The second-order valence-electron chi connectivity index (χ2n) is 4.68. The molecule has 0 aliphatic heterocycles. The van der Waals surface area contributed by atoms with Crippen LogP contribution in [0.15, 0.2) is 18.2 Å². The monoisotopic (exact) mass is 275 g/mol. The van der Waals surface area contributed by atoms with Crippen molar-refractivity contribution in [2.24, 2.45) is 7.05 Å². The molecule has 1 aromatic carbocycles. The topological polar surface area (TPSA) is 48.3 Å². The van der Waals surface area contributed by atoms with Crippen molar-refractivity contribution in [2.75, 3.05) is 19.5 Å². The molecule has 0 aliphatic carbocycles. The zero-order valence-corrected chi connectivity index (χ0v) is 12.7. The van der Waals surface area contributed by atoms with E-state index in [-0.39, 0.29) is 0 Å². The molecule has 1 N–H and O–H groups in total. The lowest BCUT2D eigenvalue weighted by atomic mass is 10.1. The van der Waals surface area contributed by atoms with E-state index in [4.69, 9.17) is 9.47 Å². The molecule has 0 fully saturated rings. The number of hydrogen-bond acceptors (Lipinski definition) is 4. The maximum Gasteiger partial charge on any atom is 0.165 e. The van der Waals surface area contributed by atoms with Crippen molar-refractivity contribution in [1.29, 1.82) is 0 Å². The van der Waals surface area contributed by atoms with Crippen molar-refractivity contribution in [3.05, 3.63) is 35.2 Å². The number of aromatic nitrogens is 2.